The molecule has 24 heavy (non-hydrogen) atoms. The second-order valence-corrected chi connectivity index (χ2v) is 5.13. The van der Waals surface area contributed by atoms with Crippen molar-refractivity contribution in [2.45, 2.75) is 0 Å². The van der Waals surface area contributed by atoms with Gasteiger partial charge in [-0.25, -0.2) is 5.48 Å². The van der Waals surface area contributed by atoms with Gasteiger partial charge in [-0.05, 0) is 36.4 Å². The summed E-state index contributed by atoms with van der Waals surface area (Å²) in [6, 6.07) is 26.6. The van der Waals surface area contributed by atoms with Crippen molar-refractivity contribution in [3.8, 4) is 11.5 Å². The van der Waals surface area contributed by atoms with Crippen LogP contribution in [-0.2, 0) is 0 Å². The van der Waals surface area contributed by atoms with Crippen molar-refractivity contribution >= 4 is 11.8 Å². The number of hydrogen-bond donors (Lipinski definition) is 3. The molecule has 0 saturated heterocycles. The molecule has 0 aliphatic carbocycles. The van der Waals surface area contributed by atoms with Gasteiger partial charge in [0.1, 0.15) is 11.6 Å². The van der Waals surface area contributed by atoms with Crippen molar-refractivity contribution in [3.63, 3.8) is 0 Å². The highest BCUT2D eigenvalue weighted by atomic mass is 16.6. The predicted octanol–water partition coefficient (Wildman–Crippen LogP) is 4.39. The predicted molar refractivity (Wildman–Crippen MR) is 96.4 cm³/mol. The van der Waals surface area contributed by atoms with Crippen LogP contribution in [0, 0.1) is 0 Å². The summed E-state index contributed by atoms with van der Waals surface area (Å²) in [5, 5.41) is 11.9. The molecule has 4 heteroatoms. The Balaban J connectivity index is 0.000000203. The molecule has 1 heterocycles. The normalized spacial score (nSPS) is 11.6. The molecule has 1 aliphatic heterocycles. The fourth-order valence-corrected chi connectivity index (χ4v) is 2.15. The van der Waals surface area contributed by atoms with E-state index in [0.717, 1.165) is 22.8 Å². The lowest BCUT2D eigenvalue weighted by Gasteiger charge is -2.19. The zero-order valence-electron chi connectivity index (χ0n) is 13.0. The van der Waals surface area contributed by atoms with Crippen molar-refractivity contribution in [1.29, 1.82) is 0 Å². The third kappa shape index (κ3) is 4.30. The van der Waals surface area contributed by atoms with Gasteiger partial charge >= 0.3 is 0 Å². The Morgan fingerprint density at radius 1 is 0.750 bits per heavy atom. The smallest absolute Gasteiger partial charge is 0.162 e. The second-order valence-electron chi connectivity index (χ2n) is 5.13. The average molecular weight is 318 g/mol. The lowest BCUT2D eigenvalue weighted by molar-refractivity contribution is 0.227. The summed E-state index contributed by atoms with van der Waals surface area (Å²) < 4.78 is 0. The first kappa shape index (κ1) is 15.5. The molecule has 0 bridgehead atoms. The van der Waals surface area contributed by atoms with Crippen LogP contribution in [0.1, 0.15) is 5.56 Å². The Bertz CT molecular complexity index is 802. The summed E-state index contributed by atoms with van der Waals surface area (Å²) in [6.45, 7) is 0. The first-order valence-electron chi connectivity index (χ1n) is 7.61. The zero-order chi connectivity index (χ0) is 16.6. The maximum atomic E-state index is 8.63. The number of phenols is 1. The van der Waals surface area contributed by atoms with E-state index in [2.05, 4.69) is 10.8 Å². The highest BCUT2D eigenvalue weighted by Crippen LogP contribution is 2.23. The van der Waals surface area contributed by atoms with E-state index in [1.807, 2.05) is 66.7 Å². The van der Waals surface area contributed by atoms with E-state index in [1.54, 1.807) is 24.3 Å². The third-order valence-corrected chi connectivity index (χ3v) is 3.30. The molecule has 0 saturated carbocycles. The molecule has 0 amide bonds. The Labute approximate surface area is 141 Å². The van der Waals surface area contributed by atoms with Gasteiger partial charge in [0.05, 0.1) is 0 Å². The van der Waals surface area contributed by atoms with E-state index in [1.165, 1.54) is 0 Å². The minimum absolute atomic E-state index is 0.322. The minimum Gasteiger partial charge on any atom is -0.508 e. The number of anilines is 1. The van der Waals surface area contributed by atoms with Crippen LogP contribution >= 0.6 is 0 Å². The van der Waals surface area contributed by atoms with E-state index in [-0.39, 0.29) is 0 Å². The minimum atomic E-state index is 0.322. The van der Waals surface area contributed by atoms with Crippen LogP contribution in [0.3, 0.4) is 0 Å². The van der Waals surface area contributed by atoms with Gasteiger partial charge < -0.3 is 15.3 Å². The van der Waals surface area contributed by atoms with Crippen LogP contribution < -0.4 is 15.6 Å². The first-order chi connectivity index (χ1) is 11.8. The molecule has 0 unspecified atom stereocenters. The highest BCUT2D eigenvalue weighted by molar-refractivity contribution is 5.64. The fraction of sp³-hybridized carbons (Fsp3) is 0. The average Bonchev–Trinajstić information content (AvgIpc) is 2.64. The molecule has 3 aromatic rings. The molecule has 0 fully saturated rings. The Hall–Kier alpha value is -3.40. The Kier molecular flexibility index (Phi) is 5.00. The number of aromatic hydroxyl groups is 1. The lowest BCUT2D eigenvalue weighted by atomic mass is 10.2. The first-order valence-corrected chi connectivity index (χ1v) is 7.61. The maximum Gasteiger partial charge on any atom is 0.162 e. The second kappa shape index (κ2) is 7.74. The van der Waals surface area contributed by atoms with Crippen LogP contribution in [0.25, 0.3) is 6.08 Å². The van der Waals surface area contributed by atoms with Crippen molar-refractivity contribution in [2.24, 2.45) is 0 Å². The number of phenolic OH excluding ortho intramolecular Hbond substituents is 1. The topological polar surface area (TPSA) is 53.5 Å². The van der Waals surface area contributed by atoms with E-state index < -0.39 is 0 Å². The van der Waals surface area contributed by atoms with Gasteiger partial charge in [-0.3, -0.25) is 0 Å². The molecule has 0 aromatic heterocycles. The zero-order valence-corrected chi connectivity index (χ0v) is 13.0. The number of rotatable bonds is 2. The summed E-state index contributed by atoms with van der Waals surface area (Å²) in [6.07, 6.45) is 2.02. The van der Waals surface area contributed by atoms with Gasteiger partial charge in [0.2, 0.25) is 0 Å². The van der Waals surface area contributed by atoms with Gasteiger partial charge in [0.15, 0.2) is 5.75 Å². The van der Waals surface area contributed by atoms with Gasteiger partial charge in [-0.1, -0.05) is 54.6 Å². The molecule has 0 spiro atoms. The van der Waals surface area contributed by atoms with Gasteiger partial charge in [0, 0.05) is 11.3 Å². The van der Waals surface area contributed by atoms with E-state index in [4.69, 9.17) is 9.94 Å². The maximum absolute atomic E-state index is 8.63. The Morgan fingerprint density at radius 2 is 1.38 bits per heavy atom. The molecule has 120 valence electrons. The molecule has 4 rings (SSSR count). The van der Waals surface area contributed by atoms with E-state index in [9.17, 15) is 0 Å². The van der Waals surface area contributed by atoms with E-state index >= 15 is 0 Å². The van der Waals surface area contributed by atoms with Crippen LogP contribution in [0.15, 0.2) is 90.8 Å². The SMILES string of the molecule is C1=C(Nc2ccccc2)NOc2ccccc21.Oc1ccccc1. The molecule has 1 aliphatic rings. The van der Waals surface area contributed by atoms with Crippen LogP contribution in [0.2, 0.25) is 0 Å². The standard InChI is InChI=1S/C14H12N2O.C6H6O/c1-2-7-12(8-3-1)15-14-10-11-6-4-5-9-13(11)17-16-14;7-6-4-2-1-3-5-6/h1-10,15-16H;1-5,7H. The van der Waals surface area contributed by atoms with Crippen molar-refractivity contribution in [2.75, 3.05) is 5.32 Å². The van der Waals surface area contributed by atoms with Crippen molar-refractivity contribution in [3.05, 3.63) is 96.3 Å². The Morgan fingerprint density at radius 3 is 2.04 bits per heavy atom. The molecule has 0 radical (unpaired) electrons. The summed E-state index contributed by atoms with van der Waals surface area (Å²) in [4.78, 5) is 5.43. The number of nitrogens with one attached hydrogen (secondary N) is 2. The van der Waals surface area contributed by atoms with Gasteiger partial charge in [-0.15, -0.1) is 0 Å². The van der Waals surface area contributed by atoms with Crippen LogP contribution in [0.4, 0.5) is 5.69 Å². The molecular weight excluding hydrogens is 300 g/mol. The number of para-hydroxylation sites is 3. The van der Waals surface area contributed by atoms with Gasteiger partial charge in [-0.2, -0.15) is 0 Å². The largest absolute Gasteiger partial charge is 0.508 e. The van der Waals surface area contributed by atoms with Crippen molar-refractivity contribution in [1.82, 2.24) is 5.48 Å². The molecule has 4 nitrogen and oxygen atoms in total. The number of hydrogen-bond acceptors (Lipinski definition) is 4. The van der Waals surface area contributed by atoms with Crippen LogP contribution in [-0.4, -0.2) is 5.11 Å². The summed E-state index contributed by atoms with van der Waals surface area (Å²) in [7, 11) is 0. The lowest BCUT2D eigenvalue weighted by Crippen LogP contribution is -2.26. The highest BCUT2D eigenvalue weighted by Gasteiger charge is 2.09. The van der Waals surface area contributed by atoms with Gasteiger partial charge in [0.25, 0.3) is 0 Å². The quantitative estimate of drug-likeness (QED) is 0.656. The monoisotopic (exact) mass is 318 g/mol. The fourth-order valence-electron chi connectivity index (χ4n) is 2.15. The molecule has 0 atom stereocenters. The number of hydroxylamine groups is 1. The third-order valence-electron chi connectivity index (χ3n) is 3.30. The summed E-state index contributed by atoms with van der Waals surface area (Å²) in [5.41, 5.74) is 4.96. The van der Waals surface area contributed by atoms with E-state index in [0.29, 0.717) is 5.75 Å². The summed E-state index contributed by atoms with van der Waals surface area (Å²) in [5.74, 6) is 1.99. The summed E-state index contributed by atoms with van der Waals surface area (Å²) >= 11 is 0. The van der Waals surface area contributed by atoms with Crippen molar-refractivity contribution < 1.29 is 9.94 Å². The van der Waals surface area contributed by atoms with Crippen LogP contribution in [0.5, 0.6) is 11.5 Å². The molecule has 3 N–H and O–H groups in total. The number of benzene rings is 3. The molecule has 3 aromatic carbocycles. The number of fused-ring (bicyclic) bond motifs is 1. The molecular formula is C20H18N2O2.